The fraction of sp³-hybridized carbons (Fsp3) is 0.391. The van der Waals surface area contributed by atoms with Crippen molar-refractivity contribution in [1.29, 1.82) is 0 Å². The van der Waals surface area contributed by atoms with Crippen LogP contribution in [0, 0.1) is 0 Å². The Kier molecular flexibility index (Phi) is 8.21. The molecule has 1 fully saturated rings. The number of ether oxygens (including phenoxy) is 3. The highest BCUT2D eigenvalue weighted by atomic mass is 32.2. The molecule has 2 aromatic carbocycles. The van der Waals surface area contributed by atoms with Gasteiger partial charge in [0.25, 0.3) is 0 Å². The van der Waals surface area contributed by atoms with Crippen LogP contribution in [0.25, 0.3) is 0 Å². The van der Waals surface area contributed by atoms with Gasteiger partial charge in [-0.05, 0) is 55.2 Å². The van der Waals surface area contributed by atoms with E-state index in [9.17, 15) is 18.0 Å². The van der Waals surface area contributed by atoms with Gasteiger partial charge in [0.1, 0.15) is 5.75 Å². The summed E-state index contributed by atoms with van der Waals surface area (Å²) in [6.07, 6.45) is 1.81. The molecule has 184 valence electrons. The molecule has 2 aromatic rings. The van der Waals surface area contributed by atoms with Gasteiger partial charge in [0.2, 0.25) is 10.0 Å². The minimum Gasteiger partial charge on any atom is -0.495 e. The lowest BCUT2D eigenvalue weighted by molar-refractivity contribution is -0.136. The molecule has 10 nitrogen and oxygen atoms in total. The van der Waals surface area contributed by atoms with Gasteiger partial charge >= 0.3 is 11.8 Å². The zero-order valence-corrected chi connectivity index (χ0v) is 20.2. The number of nitrogens with zero attached hydrogens (tertiary/aromatic N) is 1. The lowest BCUT2D eigenvalue weighted by Gasteiger charge is -2.29. The first-order chi connectivity index (χ1) is 16.3. The van der Waals surface area contributed by atoms with E-state index < -0.39 is 21.8 Å². The number of amides is 2. The van der Waals surface area contributed by atoms with Crippen molar-refractivity contribution in [3.63, 3.8) is 0 Å². The topological polar surface area (TPSA) is 123 Å². The smallest absolute Gasteiger partial charge is 0.313 e. The number of hydrogen-bond acceptors (Lipinski definition) is 7. The predicted octanol–water partition coefficient (Wildman–Crippen LogP) is 1.94. The summed E-state index contributed by atoms with van der Waals surface area (Å²) in [5.41, 5.74) is 1.52. The van der Waals surface area contributed by atoms with E-state index in [4.69, 9.17) is 14.2 Å². The van der Waals surface area contributed by atoms with Crippen LogP contribution in [0.3, 0.4) is 0 Å². The second-order valence-corrected chi connectivity index (χ2v) is 9.64. The van der Waals surface area contributed by atoms with Gasteiger partial charge in [0.05, 0.1) is 32.8 Å². The van der Waals surface area contributed by atoms with Crippen LogP contribution in [-0.2, 0) is 26.0 Å². The SMILES string of the molecule is COc1ccc(CCNC(=O)C(=O)Nc2ccc(OC)c(N3CCCCS3(=O)=O)c2)cc1OC. The van der Waals surface area contributed by atoms with Crippen molar-refractivity contribution in [3.05, 3.63) is 42.0 Å². The van der Waals surface area contributed by atoms with E-state index in [2.05, 4.69) is 10.6 Å². The monoisotopic (exact) mass is 491 g/mol. The van der Waals surface area contributed by atoms with Gasteiger partial charge in [0.15, 0.2) is 11.5 Å². The molecule has 2 amide bonds. The molecule has 0 radical (unpaired) electrons. The fourth-order valence-electron chi connectivity index (χ4n) is 3.65. The van der Waals surface area contributed by atoms with Gasteiger partial charge in [-0.15, -0.1) is 0 Å². The van der Waals surface area contributed by atoms with Crippen LogP contribution in [0.2, 0.25) is 0 Å². The number of rotatable bonds is 8. The molecule has 11 heteroatoms. The second kappa shape index (κ2) is 11.1. The molecule has 1 aliphatic rings. The molecule has 0 atom stereocenters. The highest BCUT2D eigenvalue weighted by Crippen LogP contribution is 2.35. The largest absolute Gasteiger partial charge is 0.495 e. The molecule has 0 unspecified atom stereocenters. The Balaban J connectivity index is 1.62. The van der Waals surface area contributed by atoms with Crippen LogP contribution in [0.5, 0.6) is 17.2 Å². The number of carbonyl (C=O) groups excluding carboxylic acids is 2. The highest BCUT2D eigenvalue weighted by molar-refractivity contribution is 7.92. The van der Waals surface area contributed by atoms with Crippen molar-refractivity contribution in [3.8, 4) is 17.2 Å². The Morgan fingerprint density at radius 2 is 1.62 bits per heavy atom. The van der Waals surface area contributed by atoms with E-state index in [-0.39, 0.29) is 18.0 Å². The van der Waals surface area contributed by atoms with Gasteiger partial charge in [0, 0.05) is 18.8 Å². The molecule has 1 saturated heterocycles. The van der Waals surface area contributed by atoms with Crippen LogP contribution < -0.4 is 29.1 Å². The first-order valence-electron chi connectivity index (χ1n) is 10.8. The molecular weight excluding hydrogens is 462 g/mol. The summed E-state index contributed by atoms with van der Waals surface area (Å²) in [6, 6.07) is 10.0. The van der Waals surface area contributed by atoms with E-state index in [1.807, 2.05) is 6.07 Å². The maximum atomic E-state index is 12.5. The normalized spacial score (nSPS) is 14.7. The van der Waals surface area contributed by atoms with Crippen molar-refractivity contribution in [2.75, 3.05) is 49.8 Å². The Morgan fingerprint density at radius 1 is 0.912 bits per heavy atom. The minimum atomic E-state index is -3.47. The number of methoxy groups -OCH3 is 3. The molecule has 0 aliphatic carbocycles. The van der Waals surface area contributed by atoms with Gasteiger partial charge in [-0.2, -0.15) is 0 Å². The number of anilines is 2. The molecule has 1 heterocycles. The third kappa shape index (κ3) is 5.90. The molecule has 3 rings (SSSR count). The highest BCUT2D eigenvalue weighted by Gasteiger charge is 2.28. The number of carbonyl (C=O) groups is 2. The van der Waals surface area contributed by atoms with Gasteiger partial charge < -0.3 is 24.8 Å². The Morgan fingerprint density at radius 3 is 2.29 bits per heavy atom. The first kappa shape index (κ1) is 25.2. The molecule has 34 heavy (non-hydrogen) atoms. The summed E-state index contributed by atoms with van der Waals surface area (Å²) < 4.78 is 42.1. The van der Waals surface area contributed by atoms with Gasteiger partial charge in [-0.25, -0.2) is 8.42 Å². The maximum Gasteiger partial charge on any atom is 0.313 e. The first-order valence-corrected chi connectivity index (χ1v) is 12.4. The van der Waals surface area contributed by atoms with Crippen LogP contribution >= 0.6 is 0 Å². The summed E-state index contributed by atoms with van der Waals surface area (Å²) in [6.45, 7) is 0.564. The average Bonchev–Trinajstić information content (AvgIpc) is 2.83. The fourth-order valence-corrected chi connectivity index (χ4v) is 5.29. The van der Waals surface area contributed by atoms with Crippen LogP contribution in [0.1, 0.15) is 18.4 Å². The van der Waals surface area contributed by atoms with Crippen LogP contribution in [0.15, 0.2) is 36.4 Å². The van der Waals surface area contributed by atoms with Crippen molar-refractivity contribution in [1.82, 2.24) is 5.32 Å². The third-order valence-electron chi connectivity index (χ3n) is 5.41. The summed E-state index contributed by atoms with van der Waals surface area (Å²) in [4.78, 5) is 24.7. The van der Waals surface area contributed by atoms with Crippen molar-refractivity contribution < 1.29 is 32.2 Å². The molecule has 0 saturated carbocycles. The standard InChI is InChI=1S/C23H29N3O7S/c1-31-19-9-7-17(15-18(19)26-12-4-5-13-34(26,29)30)25-23(28)22(27)24-11-10-16-6-8-20(32-2)21(14-16)33-3/h6-9,14-15H,4-5,10-13H2,1-3H3,(H,24,27)(H,25,28). The van der Waals surface area contributed by atoms with E-state index in [1.54, 1.807) is 38.5 Å². The Bertz CT molecular complexity index is 1150. The van der Waals surface area contributed by atoms with E-state index in [0.29, 0.717) is 42.3 Å². The molecule has 0 spiro atoms. The van der Waals surface area contributed by atoms with Crippen molar-refractivity contribution in [2.24, 2.45) is 0 Å². The summed E-state index contributed by atoms with van der Waals surface area (Å²) in [5.74, 6) is -0.0629. The lowest BCUT2D eigenvalue weighted by atomic mass is 10.1. The zero-order chi connectivity index (χ0) is 24.7. The van der Waals surface area contributed by atoms with Crippen LogP contribution in [-0.4, -0.2) is 60.4 Å². The van der Waals surface area contributed by atoms with Crippen molar-refractivity contribution >= 4 is 33.2 Å². The quantitative estimate of drug-likeness (QED) is 0.541. The zero-order valence-electron chi connectivity index (χ0n) is 19.4. The van der Waals surface area contributed by atoms with Crippen molar-refractivity contribution in [2.45, 2.75) is 19.3 Å². The average molecular weight is 492 g/mol. The molecule has 1 aliphatic heterocycles. The Labute approximate surface area is 199 Å². The summed E-state index contributed by atoms with van der Waals surface area (Å²) in [7, 11) is 1.06. The van der Waals surface area contributed by atoms with E-state index in [1.165, 1.54) is 17.5 Å². The molecule has 2 N–H and O–H groups in total. The van der Waals surface area contributed by atoms with Gasteiger partial charge in [-0.3, -0.25) is 13.9 Å². The number of nitrogens with one attached hydrogen (secondary N) is 2. The maximum absolute atomic E-state index is 12.5. The van der Waals surface area contributed by atoms with Gasteiger partial charge in [-0.1, -0.05) is 6.07 Å². The number of hydrogen-bond donors (Lipinski definition) is 2. The second-order valence-electron chi connectivity index (χ2n) is 7.63. The lowest BCUT2D eigenvalue weighted by Crippen LogP contribution is -2.38. The Hall–Kier alpha value is -3.47. The molecule has 0 aromatic heterocycles. The predicted molar refractivity (Wildman–Crippen MR) is 128 cm³/mol. The van der Waals surface area contributed by atoms with Crippen LogP contribution in [0.4, 0.5) is 11.4 Å². The number of sulfonamides is 1. The summed E-state index contributed by atoms with van der Waals surface area (Å²) >= 11 is 0. The van der Waals surface area contributed by atoms with E-state index >= 15 is 0 Å². The number of benzene rings is 2. The third-order valence-corrected chi connectivity index (χ3v) is 7.26. The minimum absolute atomic E-state index is 0.0508. The van der Waals surface area contributed by atoms with E-state index in [0.717, 1.165) is 12.0 Å². The molecule has 0 bridgehead atoms. The molecular formula is C23H29N3O7S. The summed E-state index contributed by atoms with van der Waals surface area (Å²) in [5, 5.41) is 5.09.